The molecule has 13 heteroatoms. The fourth-order valence-electron chi connectivity index (χ4n) is 8.00. The number of carboxylic acids is 2. The van der Waals surface area contributed by atoms with Crippen molar-refractivity contribution >= 4 is 68.5 Å². The highest BCUT2D eigenvalue weighted by Crippen LogP contribution is 2.46. The van der Waals surface area contributed by atoms with Crippen LogP contribution in [0.15, 0.2) is 42.5 Å². The number of halogens is 2. The summed E-state index contributed by atoms with van der Waals surface area (Å²) in [6, 6.07) is 11.7. The Morgan fingerprint density at radius 3 is 2.26 bits per heavy atom. The van der Waals surface area contributed by atoms with E-state index in [2.05, 4.69) is 5.10 Å². The maximum absolute atomic E-state index is 15.1. The van der Waals surface area contributed by atoms with E-state index >= 15 is 4.79 Å². The van der Waals surface area contributed by atoms with Gasteiger partial charge in [0.05, 0.1) is 39.6 Å². The van der Waals surface area contributed by atoms with E-state index in [1.165, 1.54) is 21.6 Å². The Morgan fingerprint density at radius 1 is 0.943 bits per heavy atom. The highest BCUT2D eigenvalue weighted by atomic mass is 35.5. The van der Waals surface area contributed by atoms with Crippen LogP contribution in [0.1, 0.15) is 78.8 Å². The van der Waals surface area contributed by atoms with Gasteiger partial charge in [-0.3, -0.25) is 9.48 Å². The lowest BCUT2D eigenvalue weighted by molar-refractivity contribution is 0.0680. The lowest BCUT2D eigenvalue weighted by atomic mass is 9.98. The van der Waals surface area contributed by atoms with Crippen LogP contribution in [0.25, 0.3) is 32.9 Å². The third-order valence-electron chi connectivity index (χ3n) is 10.5. The van der Waals surface area contributed by atoms with Crippen molar-refractivity contribution in [2.75, 3.05) is 18.1 Å². The number of amides is 1. The summed E-state index contributed by atoms with van der Waals surface area (Å²) in [7, 11) is 3.49. The average Bonchev–Trinajstić information content (AvgIpc) is 3.69. The average molecular weight is 757 g/mol. The molecule has 6 aromatic rings. The third-order valence-corrected chi connectivity index (χ3v) is 11.4. The summed E-state index contributed by atoms with van der Waals surface area (Å²) in [6.45, 7) is 10.3. The first kappa shape index (κ1) is 36.1. The number of aryl methyl sites for hydroxylation is 6. The molecule has 274 valence electrons. The summed E-state index contributed by atoms with van der Waals surface area (Å²) < 4.78 is 11.5. The summed E-state index contributed by atoms with van der Waals surface area (Å²) in [5.74, 6) is -2.07. The zero-order valence-electron chi connectivity index (χ0n) is 30.5. The van der Waals surface area contributed by atoms with Crippen molar-refractivity contribution in [3.05, 3.63) is 97.5 Å². The van der Waals surface area contributed by atoms with Crippen molar-refractivity contribution in [3.8, 4) is 16.9 Å². The summed E-state index contributed by atoms with van der Waals surface area (Å²) >= 11 is 13.4. The molecule has 0 saturated heterocycles. The number of aromatic carboxylic acids is 2. The first-order valence-electron chi connectivity index (χ1n) is 17.3. The van der Waals surface area contributed by atoms with Crippen LogP contribution in [-0.2, 0) is 20.5 Å². The highest BCUT2D eigenvalue weighted by Gasteiger charge is 2.39. The van der Waals surface area contributed by atoms with Crippen molar-refractivity contribution in [2.24, 2.45) is 14.1 Å². The Morgan fingerprint density at radius 2 is 1.64 bits per heavy atom. The molecule has 0 spiro atoms. The Bertz CT molecular complexity index is 2520. The fourth-order valence-corrected chi connectivity index (χ4v) is 8.35. The Hall–Kier alpha value is -5.26. The second-order valence-corrected chi connectivity index (χ2v) is 14.7. The fraction of sp³-hybridized carbons (Fsp3) is 0.300. The zero-order valence-corrected chi connectivity index (χ0v) is 32.0. The number of anilines is 1. The van der Waals surface area contributed by atoms with Crippen molar-refractivity contribution in [2.45, 2.75) is 53.5 Å². The van der Waals surface area contributed by atoms with Gasteiger partial charge in [0, 0.05) is 59.3 Å². The second kappa shape index (κ2) is 13.3. The van der Waals surface area contributed by atoms with Gasteiger partial charge in [0.25, 0.3) is 5.91 Å². The molecule has 53 heavy (non-hydrogen) atoms. The molecule has 1 amide bonds. The van der Waals surface area contributed by atoms with Gasteiger partial charge in [-0.1, -0.05) is 29.3 Å². The number of hydrogen-bond donors (Lipinski definition) is 2. The first-order chi connectivity index (χ1) is 25.1. The summed E-state index contributed by atoms with van der Waals surface area (Å²) in [4.78, 5) is 41.5. The SMILES string of the molecule is Cc1cc(OCCCc2c3n(c4c(-c5c(C)nn(C)c5C)c(Cl)ccc24)[C@H](C)CN(c2c(C(=O)O)n(C)c4ccc(C(=O)O)cc24)C3=O)cc(C)c1Cl. The summed E-state index contributed by atoms with van der Waals surface area (Å²) in [5, 5.41) is 27.4. The van der Waals surface area contributed by atoms with Crippen molar-refractivity contribution < 1.29 is 29.3 Å². The van der Waals surface area contributed by atoms with Crippen LogP contribution >= 0.6 is 23.2 Å². The molecule has 0 aliphatic carbocycles. The number of hydrogen-bond acceptors (Lipinski definition) is 5. The van der Waals surface area contributed by atoms with Crippen LogP contribution in [0.5, 0.6) is 5.75 Å². The number of rotatable bonds is 9. The molecule has 0 unspecified atom stereocenters. The Kier molecular flexibility index (Phi) is 9.06. The normalized spacial score (nSPS) is 14.4. The number of aromatic nitrogens is 4. The predicted octanol–water partition coefficient (Wildman–Crippen LogP) is 8.70. The van der Waals surface area contributed by atoms with Crippen LogP contribution in [0.4, 0.5) is 5.69 Å². The van der Waals surface area contributed by atoms with E-state index in [1.54, 1.807) is 13.1 Å². The summed E-state index contributed by atoms with van der Waals surface area (Å²) in [5.41, 5.74) is 7.76. The highest BCUT2D eigenvalue weighted by molar-refractivity contribution is 6.35. The van der Waals surface area contributed by atoms with Crippen LogP contribution in [-0.4, -0.2) is 60.1 Å². The molecule has 3 aromatic carbocycles. The van der Waals surface area contributed by atoms with Gasteiger partial charge in [-0.05, 0) is 101 Å². The number of fused-ring (bicyclic) bond motifs is 4. The van der Waals surface area contributed by atoms with Gasteiger partial charge in [0.15, 0.2) is 5.69 Å². The quantitative estimate of drug-likeness (QED) is 0.141. The molecule has 3 aromatic heterocycles. The molecule has 0 fully saturated rings. The van der Waals surface area contributed by atoms with Crippen molar-refractivity contribution in [3.63, 3.8) is 0 Å². The minimum Gasteiger partial charge on any atom is -0.494 e. The van der Waals surface area contributed by atoms with E-state index < -0.39 is 17.8 Å². The number of ether oxygens (including phenoxy) is 1. The molecule has 0 bridgehead atoms. The largest absolute Gasteiger partial charge is 0.494 e. The molecule has 0 saturated carbocycles. The first-order valence-corrected chi connectivity index (χ1v) is 18.0. The van der Waals surface area contributed by atoms with Crippen LogP contribution in [0.2, 0.25) is 10.0 Å². The minimum absolute atomic E-state index is 0.0128. The number of benzene rings is 3. The van der Waals surface area contributed by atoms with Gasteiger partial charge in [-0.2, -0.15) is 5.10 Å². The van der Waals surface area contributed by atoms with Gasteiger partial charge in [0.2, 0.25) is 0 Å². The number of carboxylic acid groups (broad SMARTS) is 2. The van der Waals surface area contributed by atoms with Gasteiger partial charge < -0.3 is 29.0 Å². The number of carbonyl (C=O) groups is 3. The Balaban J connectivity index is 1.42. The lowest BCUT2D eigenvalue weighted by Gasteiger charge is -2.34. The standard InChI is InChI=1S/C40H39Cl2N5O6/c1-19-15-25(16-20(2)33(19)42)53-14-8-9-26-27-11-12-29(41)32(31-22(4)43-45(7)23(31)5)34(27)47-21(3)18-46(38(48)36(26)47)35-28-17-24(39(49)50)10-13-30(28)44(6)37(35)40(51)52/h10-13,15-17,21H,8-9,14,18H2,1-7H3,(H,49,50)(H,51,52)/t21-/m1/s1. The number of carbonyl (C=O) groups excluding carboxylic acids is 1. The molecule has 4 heterocycles. The van der Waals surface area contributed by atoms with E-state index in [0.717, 1.165) is 50.1 Å². The van der Waals surface area contributed by atoms with Gasteiger partial charge in [-0.25, -0.2) is 9.59 Å². The topological polar surface area (TPSA) is 132 Å². The van der Waals surface area contributed by atoms with E-state index in [1.807, 2.05) is 75.2 Å². The summed E-state index contributed by atoms with van der Waals surface area (Å²) in [6.07, 6.45) is 1.03. The number of nitrogens with zero attached hydrogens (tertiary/aromatic N) is 5. The molecule has 1 aliphatic heterocycles. The molecular weight excluding hydrogens is 717 g/mol. The van der Waals surface area contributed by atoms with Gasteiger partial charge in [-0.15, -0.1) is 0 Å². The lowest BCUT2D eigenvalue weighted by Crippen LogP contribution is -2.43. The smallest absolute Gasteiger partial charge is 0.354 e. The Labute approximate surface area is 315 Å². The minimum atomic E-state index is -1.23. The monoisotopic (exact) mass is 755 g/mol. The maximum atomic E-state index is 15.1. The van der Waals surface area contributed by atoms with E-state index in [0.29, 0.717) is 51.8 Å². The molecule has 2 N–H and O–H groups in total. The van der Waals surface area contributed by atoms with Gasteiger partial charge >= 0.3 is 11.9 Å². The van der Waals surface area contributed by atoms with E-state index in [-0.39, 0.29) is 29.5 Å². The maximum Gasteiger partial charge on any atom is 0.354 e. The van der Waals surface area contributed by atoms with Crippen LogP contribution in [0, 0.1) is 27.7 Å². The zero-order chi connectivity index (χ0) is 38.2. The molecule has 11 nitrogen and oxygen atoms in total. The molecule has 7 rings (SSSR count). The molecule has 0 radical (unpaired) electrons. The molecular formula is C40H39Cl2N5O6. The van der Waals surface area contributed by atoms with Crippen LogP contribution < -0.4 is 9.64 Å². The van der Waals surface area contributed by atoms with Crippen molar-refractivity contribution in [1.29, 1.82) is 0 Å². The van der Waals surface area contributed by atoms with Crippen molar-refractivity contribution in [1.82, 2.24) is 18.9 Å². The van der Waals surface area contributed by atoms with Crippen LogP contribution in [0.3, 0.4) is 0 Å². The molecule has 1 atom stereocenters. The third kappa shape index (κ3) is 5.73. The second-order valence-electron chi connectivity index (χ2n) is 13.9. The predicted molar refractivity (Wildman–Crippen MR) is 207 cm³/mol. The molecule has 1 aliphatic rings. The van der Waals surface area contributed by atoms with E-state index in [4.69, 9.17) is 27.9 Å². The van der Waals surface area contributed by atoms with Gasteiger partial charge in [0.1, 0.15) is 11.4 Å². The van der Waals surface area contributed by atoms with E-state index in [9.17, 15) is 19.8 Å².